The van der Waals surface area contributed by atoms with Crippen molar-refractivity contribution in [3.63, 3.8) is 0 Å². The summed E-state index contributed by atoms with van der Waals surface area (Å²) in [6.45, 7) is 9.55. The number of aryl methyl sites for hydroxylation is 1. The van der Waals surface area contributed by atoms with E-state index in [4.69, 9.17) is 4.42 Å². The van der Waals surface area contributed by atoms with Crippen LogP contribution in [-0.2, 0) is 0 Å². The molecule has 1 atom stereocenters. The first-order chi connectivity index (χ1) is 12.2. The number of hydrogen-bond donors (Lipinski definition) is 0. The third-order valence-corrected chi connectivity index (χ3v) is 5.06. The van der Waals surface area contributed by atoms with Gasteiger partial charge in [-0.15, -0.1) is 5.10 Å². The molecule has 0 aliphatic carbocycles. The lowest BCUT2D eigenvalue weighted by Gasteiger charge is -2.35. The summed E-state index contributed by atoms with van der Waals surface area (Å²) in [5, 5.41) is 4.65. The Kier molecular flexibility index (Phi) is 4.44. The number of furan rings is 1. The fraction of sp³-hybridized carbons (Fsp3) is 0.474. The minimum absolute atomic E-state index is 0.469. The van der Waals surface area contributed by atoms with Gasteiger partial charge in [0.05, 0.1) is 0 Å². The molecule has 4 rings (SSSR count). The second kappa shape index (κ2) is 6.88. The molecule has 132 valence electrons. The minimum Gasteiger partial charge on any atom is -0.466 e. The van der Waals surface area contributed by atoms with Crippen molar-refractivity contribution in [2.45, 2.75) is 26.2 Å². The molecule has 6 nitrogen and oxygen atoms in total. The van der Waals surface area contributed by atoms with E-state index in [1.807, 2.05) is 23.7 Å². The fourth-order valence-corrected chi connectivity index (χ4v) is 3.41. The third kappa shape index (κ3) is 3.54. The number of hydrogen-bond acceptors (Lipinski definition) is 5. The summed E-state index contributed by atoms with van der Waals surface area (Å²) in [4.78, 5) is 9.15. The van der Waals surface area contributed by atoms with Crippen LogP contribution in [0.1, 0.15) is 30.8 Å². The van der Waals surface area contributed by atoms with Gasteiger partial charge in [-0.25, -0.2) is 9.50 Å². The molecule has 1 unspecified atom stereocenters. The van der Waals surface area contributed by atoms with Crippen LogP contribution in [0.5, 0.6) is 0 Å². The first-order valence-corrected chi connectivity index (χ1v) is 9.03. The van der Waals surface area contributed by atoms with Crippen molar-refractivity contribution in [1.82, 2.24) is 19.5 Å². The molecule has 1 aliphatic rings. The Morgan fingerprint density at radius 3 is 2.72 bits per heavy atom. The molecule has 0 bridgehead atoms. The molecule has 6 heteroatoms. The lowest BCUT2D eigenvalue weighted by Crippen LogP contribution is -2.47. The van der Waals surface area contributed by atoms with E-state index in [1.54, 1.807) is 6.20 Å². The quantitative estimate of drug-likeness (QED) is 0.715. The summed E-state index contributed by atoms with van der Waals surface area (Å²) in [6, 6.07) is 8.26. The minimum atomic E-state index is 0.469. The Balaban J connectivity index is 1.29. The summed E-state index contributed by atoms with van der Waals surface area (Å²) in [7, 11) is 0. The van der Waals surface area contributed by atoms with Gasteiger partial charge in [0.25, 0.3) is 0 Å². The highest BCUT2D eigenvalue weighted by Gasteiger charge is 2.19. The molecule has 3 aromatic rings. The van der Waals surface area contributed by atoms with Gasteiger partial charge >= 0.3 is 0 Å². The Morgan fingerprint density at radius 2 is 1.96 bits per heavy atom. The molecule has 3 aromatic heterocycles. The van der Waals surface area contributed by atoms with Gasteiger partial charge in [0.15, 0.2) is 5.65 Å². The maximum absolute atomic E-state index is 5.75. The number of anilines is 1. The number of nitrogens with zero attached hydrogens (tertiary/aromatic N) is 5. The first-order valence-electron chi connectivity index (χ1n) is 9.03. The summed E-state index contributed by atoms with van der Waals surface area (Å²) in [5.41, 5.74) is 0.893. The zero-order chi connectivity index (χ0) is 17.2. The number of piperazine rings is 1. The zero-order valence-corrected chi connectivity index (χ0v) is 14.9. The fourth-order valence-electron chi connectivity index (χ4n) is 3.41. The zero-order valence-electron chi connectivity index (χ0n) is 14.9. The van der Waals surface area contributed by atoms with Crippen molar-refractivity contribution in [2.24, 2.45) is 0 Å². The topological polar surface area (TPSA) is 49.8 Å². The van der Waals surface area contributed by atoms with Crippen molar-refractivity contribution < 1.29 is 4.42 Å². The summed E-state index contributed by atoms with van der Waals surface area (Å²) in [6.07, 6.45) is 4.81. The molecule has 1 aliphatic heterocycles. The Bertz CT molecular complexity index is 831. The largest absolute Gasteiger partial charge is 0.466 e. The van der Waals surface area contributed by atoms with Crippen LogP contribution in [-0.4, -0.2) is 52.2 Å². The maximum atomic E-state index is 5.75. The van der Waals surface area contributed by atoms with Gasteiger partial charge < -0.3 is 9.32 Å². The van der Waals surface area contributed by atoms with Crippen molar-refractivity contribution in [2.75, 3.05) is 37.6 Å². The Labute approximate surface area is 148 Å². The molecule has 0 aromatic carbocycles. The molecule has 1 saturated heterocycles. The van der Waals surface area contributed by atoms with Crippen molar-refractivity contribution >= 4 is 11.5 Å². The van der Waals surface area contributed by atoms with Crippen LogP contribution < -0.4 is 4.90 Å². The van der Waals surface area contributed by atoms with E-state index in [2.05, 4.69) is 45.0 Å². The van der Waals surface area contributed by atoms with Gasteiger partial charge in [-0.05, 0) is 44.2 Å². The normalized spacial score (nSPS) is 17.3. The van der Waals surface area contributed by atoms with E-state index in [1.165, 1.54) is 0 Å². The number of aromatic nitrogens is 3. The first kappa shape index (κ1) is 16.1. The smallest absolute Gasteiger partial charge is 0.153 e. The lowest BCUT2D eigenvalue weighted by molar-refractivity contribution is 0.245. The molecule has 1 fully saturated rings. The average molecular weight is 339 g/mol. The molecule has 25 heavy (non-hydrogen) atoms. The lowest BCUT2D eigenvalue weighted by atomic mass is 10.0. The van der Waals surface area contributed by atoms with Crippen LogP contribution in [0.4, 0.5) is 5.82 Å². The van der Waals surface area contributed by atoms with E-state index in [0.29, 0.717) is 5.92 Å². The van der Waals surface area contributed by atoms with Crippen molar-refractivity contribution in [3.05, 3.63) is 48.2 Å². The third-order valence-electron chi connectivity index (χ3n) is 5.06. The highest BCUT2D eigenvalue weighted by atomic mass is 16.3. The van der Waals surface area contributed by atoms with Crippen LogP contribution >= 0.6 is 0 Å². The highest BCUT2D eigenvalue weighted by molar-refractivity contribution is 5.46. The van der Waals surface area contributed by atoms with Crippen LogP contribution in [0.25, 0.3) is 5.65 Å². The highest BCUT2D eigenvalue weighted by Crippen LogP contribution is 2.22. The summed E-state index contributed by atoms with van der Waals surface area (Å²) >= 11 is 0. The van der Waals surface area contributed by atoms with Crippen LogP contribution in [0.2, 0.25) is 0 Å². The average Bonchev–Trinajstić information content (AvgIpc) is 3.28. The molecule has 0 spiro atoms. The van der Waals surface area contributed by atoms with Crippen LogP contribution in [0.3, 0.4) is 0 Å². The number of rotatable bonds is 5. The van der Waals surface area contributed by atoms with Crippen LogP contribution in [0.15, 0.2) is 41.1 Å². The van der Waals surface area contributed by atoms with E-state index in [-0.39, 0.29) is 0 Å². The van der Waals surface area contributed by atoms with Gasteiger partial charge in [0.1, 0.15) is 17.3 Å². The molecule has 0 amide bonds. The second-order valence-corrected chi connectivity index (χ2v) is 6.89. The van der Waals surface area contributed by atoms with E-state index >= 15 is 0 Å². The molecule has 0 radical (unpaired) electrons. The van der Waals surface area contributed by atoms with Gasteiger partial charge in [-0.2, -0.15) is 0 Å². The predicted octanol–water partition coefficient (Wildman–Crippen LogP) is 2.95. The van der Waals surface area contributed by atoms with Gasteiger partial charge in [-0.1, -0.05) is 6.92 Å². The van der Waals surface area contributed by atoms with Gasteiger partial charge in [0.2, 0.25) is 0 Å². The SMILES string of the molecule is Cc1ccc(C(C)CCN2CCN(c3ccc4nccn4n3)CC2)o1. The van der Waals surface area contributed by atoms with Gasteiger partial charge in [0, 0.05) is 44.5 Å². The standard InChI is InChI=1S/C19H25N5O/c1-15(17-4-3-16(2)25-17)7-9-22-11-13-23(14-12-22)19-6-5-18-20-8-10-24(18)21-19/h3-6,8,10,15H,7,9,11-14H2,1-2H3. The van der Waals surface area contributed by atoms with E-state index in [0.717, 1.165) is 62.1 Å². The van der Waals surface area contributed by atoms with E-state index in [9.17, 15) is 0 Å². The Morgan fingerprint density at radius 1 is 1.12 bits per heavy atom. The monoisotopic (exact) mass is 339 g/mol. The molecular weight excluding hydrogens is 314 g/mol. The number of fused-ring (bicyclic) bond motifs is 1. The number of imidazole rings is 1. The summed E-state index contributed by atoms with van der Waals surface area (Å²) in [5.74, 6) is 3.61. The molecule has 0 N–H and O–H groups in total. The van der Waals surface area contributed by atoms with E-state index < -0.39 is 0 Å². The molecule has 0 saturated carbocycles. The van der Waals surface area contributed by atoms with Crippen molar-refractivity contribution in [3.8, 4) is 0 Å². The maximum Gasteiger partial charge on any atom is 0.153 e. The molecule has 4 heterocycles. The van der Waals surface area contributed by atoms with Crippen molar-refractivity contribution in [1.29, 1.82) is 0 Å². The van der Waals surface area contributed by atoms with Crippen LogP contribution in [0, 0.1) is 6.92 Å². The second-order valence-electron chi connectivity index (χ2n) is 6.89. The predicted molar refractivity (Wildman–Crippen MR) is 98.1 cm³/mol. The molecular formula is C19H25N5O. The van der Waals surface area contributed by atoms with Gasteiger partial charge in [-0.3, -0.25) is 4.90 Å². The summed E-state index contributed by atoms with van der Waals surface area (Å²) < 4.78 is 7.59. The Hall–Kier alpha value is -2.34.